The van der Waals surface area contributed by atoms with E-state index in [0.29, 0.717) is 22.2 Å². The number of benzodiazepines with no additional fused rings is 1. The number of benzene rings is 3. The summed E-state index contributed by atoms with van der Waals surface area (Å²) in [6.07, 6.45) is -1.29. The van der Waals surface area contributed by atoms with Gasteiger partial charge in [-0.15, -0.1) is 0 Å². The van der Waals surface area contributed by atoms with Crippen LogP contribution in [-0.4, -0.2) is 33.8 Å². The molecule has 1 aliphatic rings. The maximum absolute atomic E-state index is 14.6. The number of carbonyl (C=O) groups excluding carboxylic acids is 2. The predicted octanol–water partition coefficient (Wildman–Crippen LogP) is 3.56. The summed E-state index contributed by atoms with van der Waals surface area (Å²) in [6.45, 7) is 0. The first kappa shape index (κ1) is 19.5. The molecule has 1 unspecified atom stereocenters. The number of nitrogens with one attached hydrogen (secondary N) is 3. The molecule has 0 saturated heterocycles. The molecule has 1 atom stereocenters. The summed E-state index contributed by atoms with van der Waals surface area (Å²) in [5.41, 5.74) is 2.34. The molecule has 8 heteroatoms. The van der Waals surface area contributed by atoms with Crippen molar-refractivity contribution in [1.29, 1.82) is 0 Å². The van der Waals surface area contributed by atoms with E-state index in [1.807, 2.05) is 0 Å². The van der Waals surface area contributed by atoms with E-state index in [9.17, 15) is 19.1 Å². The molecule has 0 saturated carbocycles. The van der Waals surface area contributed by atoms with Crippen molar-refractivity contribution in [3.05, 3.63) is 95.4 Å². The number of aromatic nitrogens is 1. The average molecular weight is 428 g/mol. The lowest BCUT2D eigenvalue weighted by molar-refractivity contribution is -0.117. The van der Waals surface area contributed by atoms with Crippen LogP contribution in [0.15, 0.2) is 77.8 Å². The van der Waals surface area contributed by atoms with Gasteiger partial charge < -0.3 is 20.7 Å². The number of fused-ring (bicyclic) bond motifs is 2. The number of para-hydroxylation sites is 1. The van der Waals surface area contributed by atoms with Gasteiger partial charge >= 0.3 is 0 Å². The quantitative estimate of drug-likeness (QED) is 0.401. The molecule has 0 aliphatic carbocycles. The third kappa shape index (κ3) is 3.47. The molecule has 5 rings (SSSR count). The Morgan fingerprint density at radius 2 is 1.75 bits per heavy atom. The summed E-state index contributed by atoms with van der Waals surface area (Å²) < 4.78 is 14.6. The molecule has 2 heterocycles. The van der Waals surface area contributed by atoms with Crippen molar-refractivity contribution in [3.63, 3.8) is 0 Å². The smallest absolute Gasteiger partial charge is 0.269 e. The lowest BCUT2D eigenvalue weighted by atomic mass is 10.0. The molecule has 2 amide bonds. The van der Waals surface area contributed by atoms with Crippen LogP contribution in [0.1, 0.15) is 21.6 Å². The molecular formula is C24H17FN4O3. The number of carbonyl (C=O) groups is 2. The normalized spacial score (nSPS) is 15.5. The third-order valence-corrected chi connectivity index (χ3v) is 5.19. The van der Waals surface area contributed by atoms with Crippen LogP contribution < -0.4 is 10.6 Å². The molecule has 0 bridgehead atoms. The first-order valence-corrected chi connectivity index (χ1v) is 9.85. The highest BCUT2D eigenvalue weighted by Gasteiger charge is 2.28. The Labute approximate surface area is 181 Å². The van der Waals surface area contributed by atoms with Gasteiger partial charge in [0.1, 0.15) is 17.3 Å². The molecule has 1 aromatic heterocycles. The topological polar surface area (TPSA) is 107 Å². The SMILES string of the molecule is O=C(NC1N=C(c2ccccc2F)c2ccccc2NC1=O)c1cc2cc(O)ccc2[nH]1. The number of aromatic hydroxyl groups is 1. The molecule has 0 radical (unpaired) electrons. The minimum absolute atomic E-state index is 0.0727. The standard InChI is InChI=1S/C24H17FN4O3/c25-17-7-3-1-5-15(17)21-16-6-2-4-8-19(16)27-24(32)22(28-21)29-23(31)20-12-13-11-14(30)9-10-18(13)26-20/h1-12,22,26,30H,(H,27,32)(H,29,31). The number of hydrogen-bond acceptors (Lipinski definition) is 4. The zero-order valence-corrected chi connectivity index (χ0v) is 16.6. The average Bonchev–Trinajstić information content (AvgIpc) is 3.15. The van der Waals surface area contributed by atoms with Crippen molar-refractivity contribution in [2.75, 3.05) is 5.32 Å². The van der Waals surface area contributed by atoms with Gasteiger partial charge in [-0.25, -0.2) is 9.38 Å². The Kier molecular flexibility index (Phi) is 4.67. The van der Waals surface area contributed by atoms with Gasteiger partial charge in [-0.3, -0.25) is 9.59 Å². The van der Waals surface area contributed by atoms with Crippen LogP contribution in [0.4, 0.5) is 10.1 Å². The maximum atomic E-state index is 14.6. The Balaban J connectivity index is 1.54. The van der Waals surface area contributed by atoms with Gasteiger partial charge in [0.2, 0.25) is 6.17 Å². The zero-order chi connectivity index (χ0) is 22.2. The highest BCUT2D eigenvalue weighted by atomic mass is 19.1. The molecule has 4 aromatic rings. The minimum atomic E-state index is -1.29. The van der Waals surface area contributed by atoms with Gasteiger partial charge in [-0.05, 0) is 42.5 Å². The Morgan fingerprint density at radius 3 is 2.56 bits per heavy atom. The summed E-state index contributed by atoms with van der Waals surface area (Å²) >= 11 is 0. The number of amides is 2. The second-order valence-corrected chi connectivity index (χ2v) is 7.32. The van der Waals surface area contributed by atoms with E-state index in [2.05, 4.69) is 20.6 Å². The van der Waals surface area contributed by atoms with E-state index < -0.39 is 23.8 Å². The van der Waals surface area contributed by atoms with Crippen molar-refractivity contribution in [2.24, 2.45) is 4.99 Å². The summed E-state index contributed by atoms with van der Waals surface area (Å²) in [5.74, 6) is -1.53. The Bertz CT molecular complexity index is 1410. The van der Waals surface area contributed by atoms with E-state index in [-0.39, 0.29) is 22.7 Å². The lowest BCUT2D eigenvalue weighted by Crippen LogP contribution is -2.42. The fraction of sp³-hybridized carbons (Fsp3) is 0.0417. The van der Waals surface area contributed by atoms with Gasteiger partial charge in [0.15, 0.2) is 0 Å². The number of hydrogen-bond donors (Lipinski definition) is 4. The van der Waals surface area contributed by atoms with Crippen LogP contribution in [0, 0.1) is 5.82 Å². The number of aromatic amines is 1. The molecule has 0 fully saturated rings. The molecule has 3 aromatic carbocycles. The van der Waals surface area contributed by atoms with E-state index in [1.165, 1.54) is 18.2 Å². The number of halogens is 1. The van der Waals surface area contributed by atoms with Gasteiger partial charge in [0.25, 0.3) is 11.8 Å². The highest BCUT2D eigenvalue weighted by molar-refractivity contribution is 6.20. The van der Waals surface area contributed by atoms with E-state index >= 15 is 0 Å². The molecule has 4 N–H and O–H groups in total. The maximum Gasteiger partial charge on any atom is 0.269 e. The summed E-state index contributed by atoms with van der Waals surface area (Å²) in [5, 5.41) is 15.6. The molecule has 158 valence electrons. The van der Waals surface area contributed by atoms with E-state index in [0.717, 1.165) is 0 Å². The fourth-order valence-electron chi connectivity index (χ4n) is 3.67. The lowest BCUT2D eigenvalue weighted by Gasteiger charge is -2.13. The largest absolute Gasteiger partial charge is 0.508 e. The number of phenols is 1. The van der Waals surface area contributed by atoms with Crippen LogP contribution in [0.25, 0.3) is 10.9 Å². The number of rotatable bonds is 3. The number of aliphatic imine (C=N–C) groups is 1. The van der Waals surface area contributed by atoms with E-state index in [1.54, 1.807) is 54.6 Å². The number of nitrogens with zero attached hydrogens (tertiary/aromatic N) is 1. The van der Waals surface area contributed by atoms with Gasteiger partial charge in [-0.2, -0.15) is 0 Å². The minimum Gasteiger partial charge on any atom is -0.508 e. The molecule has 1 aliphatic heterocycles. The Morgan fingerprint density at radius 1 is 1.00 bits per heavy atom. The molecule has 32 heavy (non-hydrogen) atoms. The third-order valence-electron chi connectivity index (χ3n) is 5.19. The van der Waals surface area contributed by atoms with Gasteiger partial charge in [-0.1, -0.05) is 30.3 Å². The summed E-state index contributed by atoms with van der Waals surface area (Å²) in [4.78, 5) is 33.1. The Hall–Kier alpha value is -4.46. The monoisotopic (exact) mass is 428 g/mol. The second-order valence-electron chi connectivity index (χ2n) is 7.32. The molecular weight excluding hydrogens is 411 g/mol. The first-order chi connectivity index (χ1) is 15.5. The highest BCUT2D eigenvalue weighted by Crippen LogP contribution is 2.25. The molecule has 7 nitrogen and oxygen atoms in total. The number of anilines is 1. The van der Waals surface area contributed by atoms with Crippen molar-refractivity contribution in [2.45, 2.75) is 6.17 Å². The fourth-order valence-corrected chi connectivity index (χ4v) is 3.67. The van der Waals surface area contributed by atoms with Crippen LogP contribution in [0.2, 0.25) is 0 Å². The van der Waals surface area contributed by atoms with Gasteiger partial charge in [0.05, 0.1) is 11.4 Å². The number of H-pyrrole nitrogens is 1. The first-order valence-electron chi connectivity index (χ1n) is 9.85. The summed E-state index contributed by atoms with van der Waals surface area (Å²) in [7, 11) is 0. The number of phenolic OH excluding ortho intramolecular Hbond substituents is 1. The molecule has 0 spiro atoms. The van der Waals surface area contributed by atoms with Crippen LogP contribution in [-0.2, 0) is 4.79 Å². The summed E-state index contributed by atoms with van der Waals surface area (Å²) in [6, 6.07) is 19.3. The van der Waals surface area contributed by atoms with Crippen molar-refractivity contribution in [1.82, 2.24) is 10.3 Å². The van der Waals surface area contributed by atoms with Crippen molar-refractivity contribution >= 4 is 34.1 Å². The van der Waals surface area contributed by atoms with Crippen molar-refractivity contribution < 1.29 is 19.1 Å². The van der Waals surface area contributed by atoms with E-state index in [4.69, 9.17) is 0 Å². The van der Waals surface area contributed by atoms with Crippen molar-refractivity contribution in [3.8, 4) is 5.75 Å². The second kappa shape index (κ2) is 7.66. The van der Waals surface area contributed by atoms with Crippen LogP contribution in [0.5, 0.6) is 5.75 Å². The van der Waals surface area contributed by atoms with Crippen LogP contribution >= 0.6 is 0 Å². The van der Waals surface area contributed by atoms with Crippen LogP contribution in [0.3, 0.4) is 0 Å². The van der Waals surface area contributed by atoms with Gasteiger partial charge in [0, 0.05) is 22.0 Å². The zero-order valence-electron chi connectivity index (χ0n) is 16.6. The predicted molar refractivity (Wildman–Crippen MR) is 118 cm³/mol.